The van der Waals surface area contributed by atoms with Crippen LogP contribution in [0.4, 0.5) is 13.2 Å². The summed E-state index contributed by atoms with van der Waals surface area (Å²) < 4.78 is 45.3. The van der Waals surface area contributed by atoms with Crippen LogP contribution in [0.2, 0.25) is 0 Å². The maximum Gasteiger partial charge on any atom is 0.224 e. The average molecular weight is 375 g/mol. The molecule has 6 heteroatoms. The first-order chi connectivity index (χ1) is 13.0. The second kappa shape index (κ2) is 7.00. The Morgan fingerprint density at radius 2 is 1.70 bits per heavy atom. The molecular weight excluding hydrogens is 355 g/mol. The quantitative estimate of drug-likeness (QED) is 0.876. The van der Waals surface area contributed by atoms with Gasteiger partial charge >= 0.3 is 0 Å². The maximum atomic E-state index is 13.5. The smallest absolute Gasteiger partial charge is 0.224 e. The van der Waals surface area contributed by atoms with E-state index in [4.69, 9.17) is 4.74 Å². The van der Waals surface area contributed by atoms with Gasteiger partial charge in [-0.1, -0.05) is 18.2 Å². The van der Waals surface area contributed by atoms with Crippen molar-refractivity contribution in [3.8, 4) is 0 Å². The summed E-state index contributed by atoms with van der Waals surface area (Å²) in [6.07, 6.45) is 1.81. The molecule has 1 aliphatic carbocycles. The van der Waals surface area contributed by atoms with Crippen LogP contribution in [-0.2, 0) is 15.1 Å². The molecule has 2 aromatic carbocycles. The topological polar surface area (TPSA) is 38.3 Å². The Bertz CT molecular complexity index is 847. The molecule has 1 heterocycles. The molecular formula is C21H20F3NO2. The molecule has 0 bridgehead atoms. The maximum absolute atomic E-state index is 13.5. The fourth-order valence-corrected chi connectivity index (χ4v) is 3.90. The average Bonchev–Trinajstić information content (AvgIpc) is 3.46. The van der Waals surface area contributed by atoms with E-state index in [-0.39, 0.29) is 23.6 Å². The van der Waals surface area contributed by atoms with Crippen LogP contribution in [0, 0.1) is 23.4 Å². The number of carbonyl (C=O) groups is 1. The van der Waals surface area contributed by atoms with Crippen LogP contribution in [0.15, 0.2) is 42.5 Å². The molecule has 1 amide bonds. The molecule has 2 unspecified atom stereocenters. The van der Waals surface area contributed by atoms with Crippen LogP contribution in [0.3, 0.4) is 0 Å². The molecule has 0 aromatic heterocycles. The summed E-state index contributed by atoms with van der Waals surface area (Å²) in [6.45, 7) is 1.02. The Labute approximate surface area is 155 Å². The molecule has 142 valence electrons. The van der Waals surface area contributed by atoms with Crippen molar-refractivity contribution in [1.82, 2.24) is 5.32 Å². The van der Waals surface area contributed by atoms with Crippen molar-refractivity contribution in [2.24, 2.45) is 5.92 Å². The summed E-state index contributed by atoms with van der Waals surface area (Å²) in [5.41, 5.74) is 0.895. The first-order valence-corrected chi connectivity index (χ1v) is 9.09. The molecule has 0 radical (unpaired) electrons. The minimum atomic E-state index is -0.897. The van der Waals surface area contributed by atoms with Gasteiger partial charge in [0.15, 0.2) is 11.6 Å². The van der Waals surface area contributed by atoms with Gasteiger partial charge in [0.05, 0.1) is 5.54 Å². The third-order valence-electron chi connectivity index (χ3n) is 5.60. The zero-order chi connectivity index (χ0) is 19.0. The van der Waals surface area contributed by atoms with E-state index in [1.165, 1.54) is 18.2 Å². The van der Waals surface area contributed by atoms with Gasteiger partial charge in [0.2, 0.25) is 5.91 Å². The summed E-state index contributed by atoms with van der Waals surface area (Å²) in [6, 6.07) is 9.95. The predicted octanol–water partition coefficient (Wildman–Crippen LogP) is 4.03. The Morgan fingerprint density at radius 3 is 2.37 bits per heavy atom. The molecule has 1 aliphatic heterocycles. The van der Waals surface area contributed by atoms with E-state index in [2.05, 4.69) is 5.32 Å². The third kappa shape index (κ3) is 3.58. The molecule has 1 saturated heterocycles. The van der Waals surface area contributed by atoms with Gasteiger partial charge in [-0.25, -0.2) is 13.2 Å². The van der Waals surface area contributed by atoms with Gasteiger partial charge in [-0.2, -0.15) is 0 Å². The minimum Gasteiger partial charge on any atom is -0.381 e. The molecule has 2 aromatic rings. The number of amides is 1. The van der Waals surface area contributed by atoms with Gasteiger partial charge in [-0.15, -0.1) is 0 Å². The first-order valence-electron chi connectivity index (χ1n) is 9.09. The highest BCUT2D eigenvalue weighted by molar-refractivity contribution is 5.83. The van der Waals surface area contributed by atoms with E-state index >= 15 is 0 Å². The van der Waals surface area contributed by atoms with E-state index in [0.717, 1.165) is 17.7 Å². The molecule has 3 nitrogen and oxygen atoms in total. The van der Waals surface area contributed by atoms with Crippen molar-refractivity contribution >= 4 is 5.91 Å². The molecule has 0 spiro atoms. The first kappa shape index (κ1) is 18.0. The lowest BCUT2D eigenvalue weighted by atomic mass is 9.82. The van der Waals surface area contributed by atoms with Crippen LogP contribution < -0.4 is 5.32 Å². The number of rotatable bonds is 4. The fourth-order valence-electron chi connectivity index (χ4n) is 3.90. The van der Waals surface area contributed by atoms with Crippen molar-refractivity contribution in [2.45, 2.75) is 30.7 Å². The van der Waals surface area contributed by atoms with Gasteiger partial charge in [-0.3, -0.25) is 4.79 Å². The molecule has 27 heavy (non-hydrogen) atoms. The number of carbonyl (C=O) groups excluding carboxylic acids is 1. The third-order valence-corrected chi connectivity index (χ3v) is 5.60. The Kier molecular flexibility index (Phi) is 4.68. The fraction of sp³-hybridized carbons (Fsp3) is 0.381. The van der Waals surface area contributed by atoms with Gasteiger partial charge in [-0.05, 0) is 60.6 Å². The van der Waals surface area contributed by atoms with Gasteiger partial charge in [0.25, 0.3) is 0 Å². The monoisotopic (exact) mass is 375 g/mol. The lowest BCUT2D eigenvalue weighted by Gasteiger charge is -2.38. The number of nitrogens with one attached hydrogen (secondary N) is 1. The summed E-state index contributed by atoms with van der Waals surface area (Å²) in [7, 11) is 0. The Morgan fingerprint density at radius 1 is 1.00 bits per heavy atom. The summed E-state index contributed by atoms with van der Waals surface area (Å²) in [4.78, 5) is 12.9. The van der Waals surface area contributed by atoms with E-state index < -0.39 is 17.2 Å². The molecule has 4 rings (SSSR count). The normalized spacial score (nSPS) is 23.7. The van der Waals surface area contributed by atoms with Crippen LogP contribution in [0.25, 0.3) is 0 Å². The zero-order valence-electron chi connectivity index (χ0n) is 14.7. The van der Waals surface area contributed by atoms with Crippen molar-refractivity contribution in [3.05, 3.63) is 71.0 Å². The van der Waals surface area contributed by atoms with Gasteiger partial charge < -0.3 is 10.1 Å². The van der Waals surface area contributed by atoms with Crippen molar-refractivity contribution in [3.63, 3.8) is 0 Å². The van der Waals surface area contributed by atoms with Crippen molar-refractivity contribution in [2.75, 3.05) is 13.2 Å². The second-order valence-electron chi connectivity index (χ2n) is 7.31. The standard InChI is InChI=1S/C21H20F3NO2/c22-15-4-2-14(3-5-15)21(7-9-27-10-8-21)25-20(26)17-12-16(17)13-1-6-18(23)19(24)11-13/h1-6,11,16-17H,7-10,12H2,(H,25,26). The lowest BCUT2D eigenvalue weighted by Crippen LogP contribution is -2.50. The number of ether oxygens (including phenoxy) is 1. The number of hydrogen-bond donors (Lipinski definition) is 1. The van der Waals surface area contributed by atoms with E-state index in [1.54, 1.807) is 12.1 Å². The minimum absolute atomic E-state index is 0.106. The van der Waals surface area contributed by atoms with E-state index in [0.29, 0.717) is 38.0 Å². The highest BCUT2D eigenvalue weighted by atomic mass is 19.2. The van der Waals surface area contributed by atoms with Crippen molar-refractivity contribution < 1.29 is 22.7 Å². The van der Waals surface area contributed by atoms with E-state index in [9.17, 15) is 18.0 Å². The van der Waals surface area contributed by atoms with Gasteiger partial charge in [0, 0.05) is 19.1 Å². The lowest BCUT2D eigenvalue weighted by molar-refractivity contribution is -0.125. The molecule has 2 fully saturated rings. The summed E-state index contributed by atoms with van der Waals surface area (Å²) in [5, 5.41) is 3.15. The van der Waals surface area contributed by atoms with E-state index in [1.807, 2.05) is 0 Å². The van der Waals surface area contributed by atoms with Gasteiger partial charge in [0.1, 0.15) is 5.82 Å². The number of benzene rings is 2. The predicted molar refractivity (Wildman–Crippen MR) is 93.5 cm³/mol. The van der Waals surface area contributed by atoms with Crippen LogP contribution >= 0.6 is 0 Å². The second-order valence-corrected chi connectivity index (χ2v) is 7.31. The largest absolute Gasteiger partial charge is 0.381 e. The molecule has 2 atom stereocenters. The Hall–Kier alpha value is -2.34. The number of halogens is 3. The van der Waals surface area contributed by atoms with Crippen LogP contribution in [0.5, 0.6) is 0 Å². The molecule has 2 aliphatic rings. The molecule has 1 saturated carbocycles. The molecule has 1 N–H and O–H groups in total. The highest BCUT2D eigenvalue weighted by Gasteiger charge is 2.47. The van der Waals surface area contributed by atoms with Crippen LogP contribution in [-0.4, -0.2) is 19.1 Å². The SMILES string of the molecule is O=C(NC1(c2ccc(F)cc2)CCOCC1)C1CC1c1ccc(F)c(F)c1. The Balaban J connectivity index is 1.51. The summed E-state index contributed by atoms with van der Waals surface area (Å²) >= 11 is 0. The number of hydrogen-bond acceptors (Lipinski definition) is 2. The van der Waals surface area contributed by atoms with Crippen LogP contribution in [0.1, 0.15) is 36.3 Å². The highest BCUT2D eigenvalue weighted by Crippen LogP contribution is 2.48. The van der Waals surface area contributed by atoms with Crippen molar-refractivity contribution in [1.29, 1.82) is 0 Å². The zero-order valence-corrected chi connectivity index (χ0v) is 14.7. The summed E-state index contributed by atoms with van der Waals surface area (Å²) in [5.74, 6) is -2.60.